The Bertz CT molecular complexity index is 271. The molecule has 3 heteroatoms. The number of hydrogen-bond acceptors (Lipinski definition) is 3. The minimum absolute atomic E-state index is 0.378. The SMILES string of the molecule is CCC1CCC(CN)C(N2CC(C)OCC2CC)C1. The van der Waals surface area contributed by atoms with Crippen LogP contribution in [-0.2, 0) is 4.74 Å². The van der Waals surface area contributed by atoms with E-state index in [-0.39, 0.29) is 0 Å². The van der Waals surface area contributed by atoms with E-state index in [9.17, 15) is 0 Å². The van der Waals surface area contributed by atoms with Gasteiger partial charge in [0, 0.05) is 18.6 Å². The molecule has 5 unspecified atom stereocenters. The highest BCUT2D eigenvalue weighted by molar-refractivity contribution is 4.92. The van der Waals surface area contributed by atoms with Crippen LogP contribution in [0.2, 0.25) is 0 Å². The number of ether oxygens (including phenoxy) is 1. The van der Waals surface area contributed by atoms with Gasteiger partial charge in [0.15, 0.2) is 0 Å². The highest BCUT2D eigenvalue weighted by atomic mass is 16.5. The Balaban J connectivity index is 2.09. The lowest BCUT2D eigenvalue weighted by Crippen LogP contribution is -2.57. The molecule has 0 spiro atoms. The van der Waals surface area contributed by atoms with E-state index in [2.05, 4.69) is 25.7 Å². The van der Waals surface area contributed by atoms with Crippen molar-refractivity contribution in [2.75, 3.05) is 19.7 Å². The van der Waals surface area contributed by atoms with Gasteiger partial charge in [-0.3, -0.25) is 4.90 Å². The summed E-state index contributed by atoms with van der Waals surface area (Å²) >= 11 is 0. The zero-order valence-electron chi connectivity index (χ0n) is 13.0. The van der Waals surface area contributed by atoms with Gasteiger partial charge in [-0.05, 0) is 44.6 Å². The molecule has 1 saturated heterocycles. The number of morpholine rings is 1. The van der Waals surface area contributed by atoms with Gasteiger partial charge in [0.25, 0.3) is 0 Å². The summed E-state index contributed by atoms with van der Waals surface area (Å²) in [7, 11) is 0. The fourth-order valence-electron chi connectivity index (χ4n) is 3.97. The van der Waals surface area contributed by atoms with Crippen LogP contribution in [0.1, 0.15) is 52.9 Å². The molecule has 1 aliphatic carbocycles. The predicted octanol–water partition coefficient (Wildman–Crippen LogP) is 2.64. The largest absolute Gasteiger partial charge is 0.376 e. The Kier molecular flexibility index (Phi) is 5.67. The number of nitrogens with zero attached hydrogens (tertiary/aromatic N) is 1. The lowest BCUT2D eigenvalue weighted by atomic mass is 9.76. The summed E-state index contributed by atoms with van der Waals surface area (Å²) in [5, 5.41) is 0. The van der Waals surface area contributed by atoms with Crippen molar-refractivity contribution in [1.82, 2.24) is 4.90 Å². The average molecular weight is 268 g/mol. The third-order valence-electron chi connectivity index (χ3n) is 5.35. The van der Waals surface area contributed by atoms with Crippen molar-refractivity contribution in [3.63, 3.8) is 0 Å². The Hall–Kier alpha value is -0.120. The standard InChI is InChI=1S/C16H32N2O/c1-4-13-6-7-14(9-17)16(8-13)18-10-12(3)19-11-15(18)5-2/h12-16H,4-11,17H2,1-3H3. The van der Waals surface area contributed by atoms with Crippen molar-refractivity contribution < 1.29 is 4.74 Å². The highest BCUT2D eigenvalue weighted by Gasteiger charge is 2.38. The van der Waals surface area contributed by atoms with Crippen LogP contribution in [0.4, 0.5) is 0 Å². The Labute approximate surface area is 118 Å². The molecule has 1 heterocycles. The molecule has 1 aliphatic heterocycles. The molecular weight excluding hydrogens is 236 g/mol. The van der Waals surface area contributed by atoms with Crippen molar-refractivity contribution >= 4 is 0 Å². The number of hydrogen-bond donors (Lipinski definition) is 1. The molecule has 0 radical (unpaired) electrons. The monoisotopic (exact) mass is 268 g/mol. The molecule has 2 fully saturated rings. The van der Waals surface area contributed by atoms with E-state index < -0.39 is 0 Å². The zero-order chi connectivity index (χ0) is 13.8. The van der Waals surface area contributed by atoms with Gasteiger partial charge in [0.05, 0.1) is 12.7 Å². The van der Waals surface area contributed by atoms with E-state index in [1.54, 1.807) is 0 Å². The number of nitrogens with two attached hydrogens (primary N) is 1. The van der Waals surface area contributed by atoms with Gasteiger partial charge in [-0.1, -0.05) is 26.7 Å². The molecule has 0 aromatic rings. The lowest BCUT2D eigenvalue weighted by Gasteiger charge is -2.48. The van der Waals surface area contributed by atoms with Crippen LogP contribution in [0, 0.1) is 11.8 Å². The normalized spacial score (nSPS) is 41.4. The van der Waals surface area contributed by atoms with Gasteiger partial charge < -0.3 is 10.5 Å². The van der Waals surface area contributed by atoms with Crippen molar-refractivity contribution in [3.8, 4) is 0 Å². The molecule has 0 aromatic heterocycles. The second-order valence-corrected chi connectivity index (χ2v) is 6.55. The summed E-state index contributed by atoms with van der Waals surface area (Å²) in [6, 6.07) is 1.30. The van der Waals surface area contributed by atoms with Crippen LogP contribution < -0.4 is 5.73 Å². The van der Waals surface area contributed by atoms with E-state index in [1.165, 1.54) is 32.1 Å². The van der Waals surface area contributed by atoms with Crippen LogP contribution in [0.25, 0.3) is 0 Å². The molecule has 1 saturated carbocycles. The van der Waals surface area contributed by atoms with Crippen molar-refractivity contribution in [2.24, 2.45) is 17.6 Å². The van der Waals surface area contributed by atoms with Crippen molar-refractivity contribution in [1.29, 1.82) is 0 Å². The fraction of sp³-hybridized carbons (Fsp3) is 1.00. The van der Waals surface area contributed by atoms with Crippen LogP contribution in [0.5, 0.6) is 0 Å². The minimum Gasteiger partial charge on any atom is -0.376 e. The topological polar surface area (TPSA) is 38.5 Å². The maximum atomic E-state index is 6.05. The van der Waals surface area contributed by atoms with Crippen LogP contribution in [0.15, 0.2) is 0 Å². The van der Waals surface area contributed by atoms with Crippen LogP contribution in [0.3, 0.4) is 0 Å². The molecule has 0 amide bonds. The Morgan fingerprint density at radius 3 is 2.63 bits per heavy atom. The van der Waals surface area contributed by atoms with Crippen LogP contribution >= 0.6 is 0 Å². The third-order valence-corrected chi connectivity index (χ3v) is 5.35. The zero-order valence-corrected chi connectivity index (χ0v) is 13.0. The first-order chi connectivity index (χ1) is 9.19. The Morgan fingerprint density at radius 1 is 1.21 bits per heavy atom. The molecule has 112 valence electrons. The number of rotatable bonds is 4. The molecule has 3 nitrogen and oxygen atoms in total. The third kappa shape index (κ3) is 3.50. The average Bonchev–Trinajstić information content (AvgIpc) is 2.46. The van der Waals surface area contributed by atoms with Gasteiger partial charge in [0.2, 0.25) is 0 Å². The van der Waals surface area contributed by atoms with Gasteiger partial charge in [-0.25, -0.2) is 0 Å². The predicted molar refractivity (Wildman–Crippen MR) is 80.2 cm³/mol. The highest BCUT2D eigenvalue weighted by Crippen LogP contribution is 2.35. The van der Waals surface area contributed by atoms with E-state index >= 15 is 0 Å². The summed E-state index contributed by atoms with van der Waals surface area (Å²) in [4.78, 5) is 2.74. The quantitative estimate of drug-likeness (QED) is 0.852. The maximum Gasteiger partial charge on any atom is 0.0674 e. The summed E-state index contributed by atoms with van der Waals surface area (Å²) in [5.74, 6) is 1.60. The van der Waals surface area contributed by atoms with E-state index in [0.29, 0.717) is 24.1 Å². The Morgan fingerprint density at radius 2 is 2.00 bits per heavy atom. The molecule has 19 heavy (non-hydrogen) atoms. The van der Waals surface area contributed by atoms with Gasteiger partial charge in [-0.2, -0.15) is 0 Å². The second kappa shape index (κ2) is 7.05. The van der Waals surface area contributed by atoms with E-state index in [0.717, 1.165) is 25.6 Å². The maximum absolute atomic E-state index is 6.05. The summed E-state index contributed by atoms with van der Waals surface area (Å²) < 4.78 is 5.85. The molecule has 0 aromatic carbocycles. The molecule has 2 rings (SSSR count). The lowest BCUT2D eigenvalue weighted by molar-refractivity contribution is -0.0904. The fourth-order valence-corrected chi connectivity index (χ4v) is 3.97. The first-order valence-electron chi connectivity index (χ1n) is 8.26. The van der Waals surface area contributed by atoms with Crippen LogP contribution in [-0.4, -0.2) is 42.8 Å². The molecule has 0 bridgehead atoms. The van der Waals surface area contributed by atoms with Crippen molar-refractivity contribution in [3.05, 3.63) is 0 Å². The molecule has 2 N–H and O–H groups in total. The first kappa shape index (κ1) is 15.3. The van der Waals surface area contributed by atoms with Gasteiger partial charge in [-0.15, -0.1) is 0 Å². The molecule has 5 atom stereocenters. The summed E-state index contributed by atoms with van der Waals surface area (Å²) in [6.07, 6.45) is 6.94. The molecular formula is C16H32N2O. The van der Waals surface area contributed by atoms with E-state index in [4.69, 9.17) is 10.5 Å². The van der Waals surface area contributed by atoms with Gasteiger partial charge >= 0.3 is 0 Å². The molecule has 2 aliphatic rings. The smallest absolute Gasteiger partial charge is 0.0674 e. The van der Waals surface area contributed by atoms with Crippen molar-refractivity contribution in [2.45, 2.75) is 71.1 Å². The minimum atomic E-state index is 0.378. The van der Waals surface area contributed by atoms with Gasteiger partial charge in [0.1, 0.15) is 0 Å². The first-order valence-corrected chi connectivity index (χ1v) is 8.26. The summed E-state index contributed by atoms with van der Waals surface area (Å²) in [6.45, 7) is 9.68. The van der Waals surface area contributed by atoms with E-state index in [1.807, 2.05) is 0 Å². The second-order valence-electron chi connectivity index (χ2n) is 6.55. The summed E-state index contributed by atoms with van der Waals surface area (Å²) in [5.41, 5.74) is 6.05.